The summed E-state index contributed by atoms with van der Waals surface area (Å²) in [6.45, 7) is 2.48. The highest BCUT2D eigenvalue weighted by atomic mass is 32.1. The third-order valence-corrected chi connectivity index (χ3v) is 7.44. The van der Waals surface area contributed by atoms with Crippen LogP contribution in [0.1, 0.15) is 82.3 Å². The Balaban J connectivity index is 1.45. The molecule has 2 amide bonds. The van der Waals surface area contributed by atoms with Gasteiger partial charge in [0.25, 0.3) is 11.8 Å². The van der Waals surface area contributed by atoms with E-state index in [-0.39, 0.29) is 29.2 Å². The van der Waals surface area contributed by atoms with Crippen LogP contribution < -0.4 is 16.4 Å². The number of aromatic carboxylic acids is 1. The van der Waals surface area contributed by atoms with Gasteiger partial charge in [0, 0.05) is 27.9 Å². The number of H-pyrrole nitrogens is 1. The van der Waals surface area contributed by atoms with Gasteiger partial charge in [-0.05, 0) is 68.8 Å². The van der Waals surface area contributed by atoms with Crippen molar-refractivity contribution in [2.75, 3.05) is 11.9 Å². The average molecular weight is 498 g/mol. The summed E-state index contributed by atoms with van der Waals surface area (Å²) in [5.74, 6) is -1.18. The van der Waals surface area contributed by atoms with Crippen LogP contribution in [0.15, 0.2) is 23.6 Å². The molecule has 10 heteroatoms. The van der Waals surface area contributed by atoms with Crippen LogP contribution in [0.2, 0.25) is 0 Å². The van der Waals surface area contributed by atoms with Crippen LogP contribution in [-0.4, -0.2) is 45.4 Å². The Labute approximate surface area is 207 Å². The Bertz CT molecular complexity index is 1230. The molecule has 2 heterocycles. The number of thiazole rings is 1. The van der Waals surface area contributed by atoms with E-state index in [9.17, 15) is 19.5 Å². The quantitative estimate of drug-likeness (QED) is 0.299. The van der Waals surface area contributed by atoms with Crippen molar-refractivity contribution in [3.05, 3.63) is 46.1 Å². The highest BCUT2D eigenvalue weighted by Crippen LogP contribution is 2.28. The van der Waals surface area contributed by atoms with Gasteiger partial charge in [0.05, 0.1) is 0 Å². The number of nitrogens with zero attached hydrogens (tertiary/aromatic N) is 1. The number of anilines is 1. The minimum atomic E-state index is -1.05. The summed E-state index contributed by atoms with van der Waals surface area (Å²) in [7, 11) is 0. The largest absolute Gasteiger partial charge is 0.477 e. The van der Waals surface area contributed by atoms with Crippen LogP contribution in [-0.2, 0) is 6.42 Å². The van der Waals surface area contributed by atoms with Crippen LogP contribution in [0.3, 0.4) is 0 Å². The van der Waals surface area contributed by atoms with E-state index in [0.717, 1.165) is 12.8 Å². The average Bonchev–Trinajstić information content (AvgIpc) is 3.47. The van der Waals surface area contributed by atoms with E-state index in [1.807, 2.05) is 6.92 Å². The molecule has 1 saturated carbocycles. The molecule has 1 aromatic carbocycles. The maximum Gasteiger partial charge on any atom is 0.352 e. The number of rotatable bonds is 9. The Hall–Kier alpha value is -3.24. The molecule has 35 heavy (non-hydrogen) atoms. The van der Waals surface area contributed by atoms with Gasteiger partial charge < -0.3 is 21.1 Å². The predicted molar refractivity (Wildman–Crippen MR) is 136 cm³/mol. The molecule has 0 spiro atoms. The summed E-state index contributed by atoms with van der Waals surface area (Å²) in [6, 6.07) is 5.07. The summed E-state index contributed by atoms with van der Waals surface area (Å²) in [5, 5.41) is 18.0. The monoisotopic (exact) mass is 497 g/mol. The SMILES string of the molecule is CC(NC(=O)c1csc(NC(=O)c2ccc3[nH]c(C(=O)O)c(CCCN)c3c2)n1)C1CCCCC1. The lowest BCUT2D eigenvalue weighted by Crippen LogP contribution is -2.39. The van der Waals surface area contributed by atoms with Crippen LogP contribution in [0.5, 0.6) is 0 Å². The number of benzene rings is 1. The van der Waals surface area contributed by atoms with Crippen molar-refractivity contribution in [2.24, 2.45) is 11.7 Å². The molecule has 1 fully saturated rings. The molecule has 1 aliphatic rings. The molecule has 1 unspecified atom stereocenters. The second-order valence-corrected chi connectivity index (χ2v) is 9.95. The number of nitrogens with two attached hydrogens (primary N) is 1. The first-order valence-corrected chi connectivity index (χ1v) is 12.9. The predicted octanol–water partition coefficient (Wildman–Crippen LogP) is 4.16. The zero-order chi connectivity index (χ0) is 24.9. The first kappa shape index (κ1) is 24.9. The van der Waals surface area contributed by atoms with Crippen LogP contribution in [0.25, 0.3) is 10.9 Å². The number of aryl methyl sites for hydroxylation is 1. The van der Waals surface area contributed by atoms with Gasteiger partial charge >= 0.3 is 5.97 Å². The van der Waals surface area contributed by atoms with E-state index >= 15 is 0 Å². The third-order valence-electron chi connectivity index (χ3n) is 6.69. The summed E-state index contributed by atoms with van der Waals surface area (Å²) in [6.07, 6.45) is 7.07. The number of carboxylic acid groups (broad SMARTS) is 1. The first-order chi connectivity index (χ1) is 16.9. The van der Waals surface area contributed by atoms with Gasteiger partial charge in [0.1, 0.15) is 11.4 Å². The van der Waals surface area contributed by atoms with Gasteiger partial charge in [0.2, 0.25) is 0 Å². The summed E-state index contributed by atoms with van der Waals surface area (Å²) in [4.78, 5) is 44.4. The molecule has 4 rings (SSSR count). The second kappa shape index (κ2) is 11.0. The fraction of sp³-hybridized carbons (Fsp3) is 0.440. The zero-order valence-corrected chi connectivity index (χ0v) is 20.5. The molecule has 1 atom stereocenters. The minimum Gasteiger partial charge on any atom is -0.477 e. The molecule has 186 valence electrons. The molecule has 1 aliphatic carbocycles. The number of nitrogens with one attached hydrogen (secondary N) is 3. The summed E-state index contributed by atoms with van der Waals surface area (Å²) < 4.78 is 0. The van der Waals surface area contributed by atoms with Gasteiger partial charge in [-0.3, -0.25) is 14.9 Å². The topological polar surface area (TPSA) is 150 Å². The fourth-order valence-electron chi connectivity index (χ4n) is 4.75. The van der Waals surface area contributed by atoms with Crippen molar-refractivity contribution >= 4 is 45.2 Å². The van der Waals surface area contributed by atoms with E-state index in [4.69, 9.17) is 5.73 Å². The molecule has 0 aliphatic heterocycles. The van der Waals surface area contributed by atoms with Crippen molar-refractivity contribution < 1.29 is 19.5 Å². The lowest BCUT2D eigenvalue weighted by atomic mass is 9.84. The van der Waals surface area contributed by atoms with Crippen LogP contribution >= 0.6 is 11.3 Å². The molecular formula is C25H31N5O4S. The molecular weight excluding hydrogens is 466 g/mol. The lowest BCUT2D eigenvalue weighted by molar-refractivity contribution is 0.0689. The Morgan fingerprint density at radius 3 is 2.71 bits per heavy atom. The van der Waals surface area contributed by atoms with Gasteiger partial charge in [-0.1, -0.05) is 19.3 Å². The number of carbonyl (C=O) groups excluding carboxylic acids is 2. The third kappa shape index (κ3) is 5.71. The Morgan fingerprint density at radius 2 is 2.00 bits per heavy atom. The van der Waals surface area contributed by atoms with Crippen molar-refractivity contribution in [1.29, 1.82) is 0 Å². The molecule has 0 bridgehead atoms. The van der Waals surface area contributed by atoms with Crippen molar-refractivity contribution in [1.82, 2.24) is 15.3 Å². The van der Waals surface area contributed by atoms with E-state index in [2.05, 4.69) is 20.6 Å². The number of hydrogen-bond acceptors (Lipinski definition) is 6. The van der Waals surface area contributed by atoms with Crippen molar-refractivity contribution in [3.63, 3.8) is 0 Å². The molecule has 9 nitrogen and oxygen atoms in total. The number of carboxylic acids is 1. The van der Waals surface area contributed by atoms with E-state index in [0.29, 0.717) is 52.5 Å². The number of aromatic nitrogens is 2. The number of hydrogen-bond donors (Lipinski definition) is 5. The van der Waals surface area contributed by atoms with E-state index < -0.39 is 5.97 Å². The van der Waals surface area contributed by atoms with Crippen molar-refractivity contribution in [2.45, 2.75) is 57.9 Å². The van der Waals surface area contributed by atoms with Crippen molar-refractivity contribution in [3.8, 4) is 0 Å². The molecule has 2 aromatic heterocycles. The number of amides is 2. The highest BCUT2D eigenvalue weighted by Gasteiger charge is 2.23. The molecule has 6 N–H and O–H groups in total. The summed E-state index contributed by atoms with van der Waals surface area (Å²) in [5.41, 5.74) is 7.65. The Morgan fingerprint density at radius 1 is 1.23 bits per heavy atom. The minimum absolute atomic E-state index is 0.0831. The summed E-state index contributed by atoms with van der Waals surface area (Å²) >= 11 is 1.19. The van der Waals surface area contributed by atoms with Crippen LogP contribution in [0.4, 0.5) is 5.13 Å². The highest BCUT2D eigenvalue weighted by molar-refractivity contribution is 7.14. The molecule has 0 radical (unpaired) electrons. The normalized spacial score (nSPS) is 15.1. The second-order valence-electron chi connectivity index (χ2n) is 9.09. The first-order valence-electron chi connectivity index (χ1n) is 12.0. The van der Waals surface area contributed by atoms with Gasteiger partial charge in [0.15, 0.2) is 5.13 Å². The lowest BCUT2D eigenvalue weighted by Gasteiger charge is -2.28. The Kier molecular flexibility index (Phi) is 7.82. The van der Waals surface area contributed by atoms with E-state index in [1.54, 1.807) is 23.6 Å². The smallest absolute Gasteiger partial charge is 0.352 e. The van der Waals surface area contributed by atoms with E-state index in [1.165, 1.54) is 30.6 Å². The van der Waals surface area contributed by atoms with Gasteiger partial charge in [-0.15, -0.1) is 11.3 Å². The van der Waals surface area contributed by atoms with Gasteiger partial charge in [-0.25, -0.2) is 9.78 Å². The van der Waals surface area contributed by atoms with Gasteiger partial charge in [-0.2, -0.15) is 0 Å². The number of aromatic amines is 1. The molecule has 0 saturated heterocycles. The maximum absolute atomic E-state index is 12.9. The fourth-order valence-corrected chi connectivity index (χ4v) is 5.43. The zero-order valence-electron chi connectivity index (χ0n) is 19.7. The number of fused-ring (bicyclic) bond motifs is 1. The molecule has 3 aromatic rings. The van der Waals surface area contributed by atoms with Crippen LogP contribution in [0, 0.1) is 5.92 Å². The number of carbonyl (C=O) groups is 3. The standard InChI is InChI=1S/C25H31N5O4S/c1-14(15-6-3-2-4-7-15)27-23(32)20-13-35-25(29-20)30-22(31)16-9-10-19-18(12-16)17(8-5-11-26)21(28-19)24(33)34/h9-10,12-15,28H,2-8,11,26H2,1H3,(H,27,32)(H,33,34)(H,29,30,31). The maximum atomic E-state index is 12.9.